The Balaban J connectivity index is 1.77. The summed E-state index contributed by atoms with van der Waals surface area (Å²) in [6.07, 6.45) is -3.35. The lowest BCUT2D eigenvalue weighted by Crippen LogP contribution is -2.31. The zero-order valence-corrected chi connectivity index (χ0v) is 21.9. The number of amides is 1. The van der Waals surface area contributed by atoms with Crippen LogP contribution in [0, 0.1) is 32.1 Å². The lowest BCUT2D eigenvalue weighted by molar-refractivity contribution is -0.148. The summed E-state index contributed by atoms with van der Waals surface area (Å²) in [4.78, 5) is 26.4. The molecule has 0 saturated carbocycles. The molecule has 0 aliphatic rings. The van der Waals surface area contributed by atoms with Gasteiger partial charge in [0, 0.05) is 30.7 Å². The summed E-state index contributed by atoms with van der Waals surface area (Å²) in [6.45, 7) is 5.03. The van der Waals surface area contributed by atoms with Crippen molar-refractivity contribution in [2.24, 2.45) is 0 Å². The van der Waals surface area contributed by atoms with Crippen LogP contribution < -0.4 is 0 Å². The summed E-state index contributed by atoms with van der Waals surface area (Å²) in [7, 11) is 1.58. The van der Waals surface area contributed by atoms with E-state index in [4.69, 9.17) is 16.3 Å². The number of likely N-dealkylation sites (N-methyl/N-ethyl adjacent to an activating group) is 1. The number of carbonyl (C=O) groups is 2. The van der Waals surface area contributed by atoms with Gasteiger partial charge < -0.3 is 14.2 Å². The highest BCUT2D eigenvalue weighted by Gasteiger charge is 2.33. The zero-order chi connectivity index (χ0) is 28.2. The van der Waals surface area contributed by atoms with E-state index >= 15 is 0 Å². The number of aromatic nitrogens is 1. The minimum absolute atomic E-state index is 0.222. The highest BCUT2D eigenvalue weighted by atomic mass is 35.5. The van der Waals surface area contributed by atoms with Gasteiger partial charge in [0.2, 0.25) is 0 Å². The maximum absolute atomic E-state index is 13.3. The van der Waals surface area contributed by atoms with Gasteiger partial charge in [-0.1, -0.05) is 35.9 Å². The van der Waals surface area contributed by atoms with Crippen molar-refractivity contribution < 1.29 is 27.5 Å². The average Bonchev–Trinajstić information content (AvgIpc) is 3.14. The maximum Gasteiger partial charge on any atom is 0.417 e. The third-order valence-electron chi connectivity index (χ3n) is 6.05. The smallest absolute Gasteiger partial charge is 0.417 e. The highest BCUT2D eigenvalue weighted by molar-refractivity contribution is 6.31. The fourth-order valence-corrected chi connectivity index (χ4v) is 4.16. The lowest BCUT2D eigenvalue weighted by Gasteiger charge is -2.18. The molecule has 10 heteroatoms. The van der Waals surface area contributed by atoms with Crippen LogP contribution in [-0.2, 0) is 27.0 Å². The molecule has 0 aliphatic carbocycles. The van der Waals surface area contributed by atoms with E-state index in [9.17, 15) is 28.0 Å². The van der Waals surface area contributed by atoms with Crippen LogP contribution in [0.15, 0.2) is 54.1 Å². The zero-order valence-electron chi connectivity index (χ0n) is 21.2. The average molecular weight is 544 g/mol. The molecule has 1 amide bonds. The van der Waals surface area contributed by atoms with E-state index in [0.29, 0.717) is 23.5 Å². The third-order valence-corrected chi connectivity index (χ3v) is 6.37. The topological polar surface area (TPSA) is 75.3 Å². The van der Waals surface area contributed by atoms with Crippen LogP contribution in [0.3, 0.4) is 0 Å². The van der Waals surface area contributed by atoms with Gasteiger partial charge >= 0.3 is 12.1 Å². The van der Waals surface area contributed by atoms with Crippen LogP contribution >= 0.6 is 11.6 Å². The van der Waals surface area contributed by atoms with E-state index < -0.39 is 35.2 Å². The van der Waals surface area contributed by atoms with Crippen molar-refractivity contribution in [1.29, 1.82) is 5.26 Å². The van der Waals surface area contributed by atoms with Crippen molar-refractivity contribution in [3.05, 3.63) is 92.8 Å². The number of hydrogen-bond donors (Lipinski definition) is 0. The number of ether oxygens (including phenoxy) is 1. The monoisotopic (exact) mass is 543 g/mol. The summed E-state index contributed by atoms with van der Waals surface area (Å²) in [5, 5.41) is 9.12. The molecule has 0 N–H and O–H groups in total. The summed E-state index contributed by atoms with van der Waals surface area (Å²) in [5.41, 5.74) is 2.36. The van der Waals surface area contributed by atoms with E-state index in [-0.39, 0.29) is 11.3 Å². The molecule has 2 aromatic carbocycles. The van der Waals surface area contributed by atoms with Gasteiger partial charge in [-0.2, -0.15) is 18.4 Å². The number of nitrogens with zero attached hydrogens (tertiary/aromatic N) is 3. The molecule has 0 atom stereocenters. The summed E-state index contributed by atoms with van der Waals surface area (Å²) < 4.78 is 46.7. The first-order chi connectivity index (χ1) is 17.8. The molecule has 38 heavy (non-hydrogen) atoms. The Labute approximate surface area is 223 Å². The van der Waals surface area contributed by atoms with E-state index in [2.05, 4.69) is 0 Å². The van der Waals surface area contributed by atoms with Gasteiger partial charge in [0.1, 0.15) is 11.6 Å². The number of carbonyl (C=O) groups excluding carboxylic acids is 2. The first-order valence-corrected chi connectivity index (χ1v) is 11.8. The van der Waals surface area contributed by atoms with E-state index in [1.165, 1.54) is 23.1 Å². The van der Waals surface area contributed by atoms with Crippen molar-refractivity contribution >= 4 is 29.6 Å². The number of halogens is 4. The van der Waals surface area contributed by atoms with Crippen LogP contribution in [-0.4, -0.2) is 35.0 Å². The SMILES string of the molecule is Cc1ccccc1CN(C)C(=O)COC(=O)C(C#N)=Cc1cc(C)n(-c2ccc(Cl)c(C(F)(F)F)c2)c1C. The molecule has 6 nitrogen and oxygen atoms in total. The van der Waals surface area contributed by atoms with E-state index in [1.807, 2.05) is 31.2 Å². The fraction of sp³-hybridized carbons (Fsp3) is 0.250. The summed E-state index contributed by atoms with van der Waals surface area (Å²) >= 11 is 5.74. The second-order valence-electron chi connectivity index (χ2n) is 8.75. The third kappa shape index (κ3) is 6.45. The Kier molecular flexibility index (Phi) is 8.69. The molecular formula is C28H25ClF3N3O3. The van der Waals surface area contributed by atoms with Gasteiger partial charge in [-0.25, -0.2) is 4.79 Å². The Morgan fingerprint density at radius 1 is 1.13 bits per heavy atom. The molecular weight excluding hydrogens is 519 g/mol. The molecule has 0 radical (unpaired) electrons. The number of esters is 1. The molecule has 3 rings (SSSR count). The first kappa shape index (κ1) is 28.5. The van der Waals surface area contributed by atoms with Gasteiger partial charge in [-0.15, -0.1) is 0 Å². The Morgan fingerprint density at radius 2 is 1.82 bits per heavy atom. The minimum atomic E-state index is -4.63. The standard InChI is InChI=1S/C28H25ClF3N3O3/c1-17-7-5-6-8-20(17)15-34(4)26(36)16-38-27(37)22(14-33)12-21-11-18(2)35(19(21)3)23-9-10-25(29)24(13-23)28(30,31)32/h5-13H,15-16H2,1-4H3. The van der Waals surface area contributed by atoms with Crippen molar-refractivity contribution in [3.8, 4) is 11.8 Å². The van der Waals surface area contributed by atoms with Crippen LogP contribution in [0.2, 0.25) is 5.02 Å². The van der Waals surface area contributed by atoms with Gasteiger partial charge in [0.05, 0.1) is 10.6 Å². The van der Waals surface area contributed by atoms with Crippen molar-refractivity contribution in [3.63, 3.8) is 0 Å². The minimum Gasteiger partial charge on any atom is -0.451 e. The fourth-order valence-electron chi connectivity index (χ4n) is 3.94. The van der Waals surface area contributed by atoms with Crippen LogP contribution in [0.1, 0.15) is 33.6 Å². The number of nitriles is 1. The number of rotatable bonds is 7. The number of hydrogen-bond acceptors (Lipinski definition) is 4. The quantitative estimate of drug-likeness (QED) is 0.202. The molecule has 1 aromatic heterocycles. The summed E-state index contributed by atoms with van der Waals surface area (Å²) in [5.74, 6) is -1.43. The first-order valence-electron chi connectivity index (χ1n) is 11.5. The maximum atomic E-state index is 13.3. The van der Waals surface area contributed by atoms with Gasteiger partial charge in [-0.05, 0) is 67.8 Å². The predicted octanol–water partition coefficient (Wildman–Crippen LogP) is 6.18. The molecule has 198 valence electrons. The molecule has 1 heterocycles. The molecule has 0 saturated heterocycles. The Hall–Kier alpha value is -4.03. The Bertz CT molecular complexity index is 1450. The predicted molar refractivity (Wildman–Crippen MR) is 137 cm³/mol. The number of benzene rings is 2. The van der Waals surface area contributed by atoms with Crippen molar-refractivity contribution in [2.75, 3.05) is 13.7 Å². The molecule has 3 aromatic rings. The van der Waals surface area contributed by atoms with Gasteiger partial charge in [0.15, 0.2) is 6.61 Å². The second-order valence-corrected chi connectivity index (χ2v) is 9.15. The summed E-state index contributed by atoms with van der Waals surface area (Å²) in [6, 6.07) is 14.5. The molecule has 0 unspecified atom stereocenters. The lowest BCUT2D eigenvalue weighted by atomic mass is 10.1. The van der Waals surface area contributed by atoms with Gasteiger partial charge in [0.25, 0.3) is 5.91 Å². The molecule has 0 spiro atoms. The molecule has 0 aliphatic heterocycles. The van der Waals surface area contributed by atoms with Crippen LogP contribution in [0.25, 0.3) is 11.8 Å². The van der Waals surface area contributed by atoms with E-state index in [0.717, 1.165) is 17.2 Å². The van der Waals surface area contributed by atoms with E-state index in [1.54, 1.807) is 37.6 Å². The normalized spacial score (nSPS) is 11.7. The second kappa shape index (κ2) is 11.6. The van der Waals surface area contributed by atoms with Crippen molar-refractivity contribution in [2.45, 2.75) is 33.5 Å². The Morgan fingerprint density at radius 3 is 2.45 bits per heavy atom. The van der Waals surface area contributed by atoms with Crippen LogP contribution in [0.4, 0.5) is 13.2 Å². The van der Waals surface area contributed by atoms with Crippen molar-refractivity contribution in [1.82, 2.24) is 9.47 Å². The number of aryl methyl sites for hydroxylation is 2. The molecule has 0 bridgehead atoms. The highest BCUT2D eigenvalue weighted by Crippen LogP contribution is 2.36. The number of alkyl halides is 3. The van der Waals surface area contributed by atoms with Crippen LogP contribution in [0.5, 0.6) is 0 Å². The molecule has 0 fully saturated rings. The van der Waals surface area contributed by atoms with Gasteiger partial charge in [-0.3, -0.25) is 4.79 Å². The largest absolute Gasteiger partial charge is 0.451 e.